The molecular formula is C25H25N3O3. The van der Waals surface area contributed by atoms with Gasteiger partial charge in [0.15, 0.2) is 0 Å². The molecule has 6 heteroatoms. The number of rotatable bonds is 6. The van der Waals surface area contributed by atoms with Crippen molar-refractivity contribution in [2.24, 2.45) is 4.99 Å². The quantitative estimate of drug-likeness (QED) is 0.577. The van der Waals surface area contributed by atoms with Crippen molar-refractivity contribution in [1.82, 2.24) is 0 Å². The van der Waals surface area contributed by atoms with Crippen molar-refractivity contribution in [3.63, 3.8) is 0 Å². The average molecular weight is 415 g/mol. The summed E-state index contributed by atoms with van der Waals surface area (Å²) in [6.07, 6.45) is 0. The highest BCUT2D eigenvalue weighted by atomic mass is 16.5. The van der Waals surface area contributed by atoms with Gasteiger partial charge in [-0.1, -0.05) is 18.2 Å². The zero-order valence-corrected chi connectivity index (χ0v) is 17.8. The number of carbonyl (C=O) groups excluding carboxylic acids is 1. The van der Waals surface area contributed by atoms with Gasteiger partial charge in [-0.25, -0.2) is 4.99 Å². The van der Waals surface area contributed by atoms with E-state index in [2.05, 4.69) is 15.6 Å². The van der Waals surface area contributed by atoms with E-state index in [1.165, 1.54) is 0 Å². The first-order chi connectivity index (χ1) is 14.9. The predicted molar refractivity (Wildman–Crippen MR) is 124 cm³/mol. The molecule has 0 unspecified atom stereocenters. The van der Waals surface area contributed by atoms with Crippen LogP contribution in [0.25, 0.3) is 0 Å². The third-order valence-electron chi connectivity index (χ3n) is 4.87. The van der Waals surface area contributed by atoms with E-state index in [1.54, 1.807) is 25.3 Å². The van der Waals surface area contributed by atoms with E-state index in [0.717, 1.165) is 16.9 Å². The fourth-order valence-electron chi connectivity index (χ4n) is 3.26. The fraction of sp³-hybridized carbons (Fsp3) is 0.200. The number of para-hydroxylation sites is 1. The Bertz CT molecular complexity index is 1110. The normalized spacial score (nSPS) is 14.4. The van der Waals surface area contributed by atoms with Gasteiger partial charge in [0.2, 0.25) is 5.90 Å². The molecule has 0 saturated carbocycles. The Morgan fingerprint density at radius 2 is 1.74 bits per heavy atom. The lowest BCUT2D eigenvalue weighted by atomic mass is 10.1. The lowest BCUT2D eigenvalue weighted by molar-refractivity contribution is 0.102. The molecule has 1 amide bonds. The molecule has 0 radical (unpaired) electrons. The number of nitrogens with zero attached hydrogens (tertiary/aromatic N) is 1. The average Bonchev–Trinajstić information content (AvgIpc) is 3.14. The summed E-state index contributed by atoms with van der Waals surface area (Å²) in [5.41, 5.74) is 3.57. The number of methoxy groups -OCH3 is 1. The van der Waals surface area contributed by atoms with Crippen molar-refractivity contribution in [3.05, 3.63) is 83.9 Å². The summed E-state index contributed by atoms with van der Waals surface area (Å²) in [5.74, 6) is 1.12. The Labute approximate surface area is 181 Å². The van der Waals surface area contributed by atoms with Gasteiger partial charge in [-0.05, 0) is 68.4 Å². The minimum atomic E-state index is -0.194. The summed E-state index contributed by atoms with van der Waals surface area (Å²) < 4.78 is 11.2. The van der Waals surface area contributed by atoms with E-state index >= 15 is 0 Å². The molecule has 3 aromatic rings. The minimum Gasteiger partial charge on any atom is -0.495 e. The smallest absolute Gasteiger partial charge is 0.255 e. The molecule has 2 N–H and O–H groups in total. The van der Waals surface area contributed by atoms with Gasteiger partial charge in [0, 0.05) is 22.5 Å². The third kappa shape index (κ3) is 4.86. The molecule has 0 atom stereocenters. The zero-order chi connectivity index (χ0) is 21.8. The van der Waals surface area contributed by atoms with Gasteiger partial charge in [0.05, 0.1) is 18.3 Å². The van der Waals surface area contributed by atoms with E-state index in [4.69, 9.17) is 9.47 Å². The molecule has 3 aromatic carbocycles. The number of ether oxygens (including phenoxy) is 2. The van der Waals surface area contributed by atoms with Crippen LogP contribution in [0.5, 0.6) is 5.75 Å². The number of anilines is 3. The van der Waals surface area contributed by atoms with Crippen LogP contribution in [-0.2, 0) is 4.74 Å². The van der Waals surface area contributed by atoms with Crippen molar-refractivity contribution in [1.29, 1.82) is 0 Å². The van der Waals surface area contributed by atoms with Gasteiger partial charge in [0.1, 0.15) is 12.4 Å². The maximum absolute atomic E-state index is 12.7. The number of amides is 1. The van der Waals surface area contributed by atoms with Gasteiger partial charge in [-0.3, -0.25) is 4.79 Å². The van der Waals surface area contributed by atoms with E-state index in [0.29, 0.717) is 29.5 Å². The minimum absolute atomic E-state index is 0.189. The van der Waals surface area contributed by atoms with Crippen LogP contribution in [0.3, 0.4) is 0 Å². The van der Waals surface area contributed by atoms with Crippen LogP contribution in [0, 0.1) is 0 Å². The Kier molecular flexibility index (Phi) is 5.62. The highest BCUT2D eigenvalue weighted by Gasteiger charge is 2.26. The lowest BCUT2D eigenvalue weighted by Gasteiger charge is -2.13. The molecule has 158 valence electrons. The fourth-order valence-corrected chi connectivity index (χ4v) is 3.26. The second-order valence-electron chi connectivity index (χ2n) is 7.96. The summed E-state index contributed by atoms with van der Waals surface area (Å²) in [4.78, 5) is 17.3. The molecule has 6 nitrogen and oxygen atoms in total. The first kappa shape index (κ1) is 20.5. The molecule has 1 aliphatic heterocycles. The number of hydrogen-bond donors (Lipinski definition) is 2. The molecule has 0 saturated heterocycles. The van der Waals surface area contributed by atoms with Crippen LogP contribution in [0.4, 0.5) is 17.1 Å². The van der Waals surface area contributed by atoms with Crippen LogP contribution < -0.4 is 15.4 Å². The molecule has 31 heavy (non-hydrogen) atoms. The van der Waals surface area contributed by atoms with Crippen molar-refractivity contribution in [2.45, 2.75) is 19.4 Å². The van der Waals surface area contributed by atoms with Gasteiger partial charge in [0.25, 0.3) is 5.91 Å². The van der Waals surface area contributed by atoms with Crippen LogP contribution in [0.15, 0.2) is 77.8 Å². The summed E-state index contributed by atoms with van der Waals surface area (Å²) >= 11 is 0. The summed E-state index contributed by atoms with van der Waals surface area (Å²) in [6.45, 7) is 4.67. The third-order valence-corrected chi connectivity index (χ3v) is 4.87. The maximum atomic E-state index is 12.7. The van der Waals surface area contributed by atoms with Gasteiger partial charge < -0.3 is 20.1 Å². The molecule has 0 aliphatic carbocycles. The summed E-state index contributed by atoms with van der Waals surface area (Å²) in [6, 6.07) is 22.5. The van der Waals surface area contributed by atoms with Gasteiger partial charge in [-0.15, -0.1) is 0 Å². The van der Waals surface area contributed by atoms with Crippen LogP contribution in [0.1, 0.15) is 29.8 Å². The number of nitrogens with one attached hydrogen (secondary N) is 2. The summed E-state index contributed by atoms with van der Waals surface area (Å²) in [5, 5.41) is 6.23. The first-order valence-corrected chi connectivity index (χ1v) is 10.1. The molecule has 4 rings (SSSR count). The SMILES string of the molecule is COc1ccc(C(=O)Nc2ccccc2)cc1Nc1ccc(C2=NC(C)(C)CO2)cc1. The Hall–Kier alpha value is -3.80. The standard InChI is InChI=1S/C25H25N3O3/c1-25(2)16-31-24(28-25)17-9-12-20(13-10-17)26-21-15-18(11-14-22(21)30-3)23(29)27-19-7-5-4-6-8-19/h4-15,26H,16H2,1-3H3,(H,27,29). The molecule has 0 spiro atoms. The van der Waals surface area contributed by atoms with Crippen molar-refractivity contribution in [3.8, 4) is 5.75 Å². The second kappa shape index (κ2) is 8.52. The van der Waals surface area contributed by atoms with Gasteiger partial charge >= 0.3 is 0 Å². The van der Waals surface area contributed by atoms with Crippen LogP contribution in [0.2, 0.25) is 0 Å². The van der Waals surface area contributed by atoms with Crippen LogP contribution >= 0.6 is 0 Å². The largest absolute Gasteiger partial charge is 0.495 e. The molecule has 1 aliphatic rings. The van der Waals surface area contributed by atoms with E-state index in [-0.39, 0.29) is 11.4 Å². The van der Waals surface area contributed by atoms with Crippen molar-refractivity contribution < 1.29 is 14.3 Å². The monoisotopic (exact) mass is 415 g/mol. The van der Waals surface area contributed by atoms with Crippen LogP contribution in [-0.4, -0.2) is 31.1 Å². The highest BCUT2D eigenvalue weighted by Crippen LogP contribution is 2.30. The lowest BCUT2D eigenvalue weighted by Crippen LogP contribution is -2.17. The number of benzene rings is 3. The van der Waals surface area contributed by atoms with E-state index in [1.807, 2.05) is 68.4 Å². The number of aliphatic imine (C=N–C) groups is 1. The van der Waals surface area contributed by atoms with Crippen molar-refractivity contribution in [2.75, 3.05) is 24.4 Å². The first-order valence-electron chi connectivity index (χ1n) is 10.1. The Balaban J connectivity index is 1.52. The molecule has 0 bridgehead atoms. The second-order valence-corrected chi connectivity index (χ2v) is 7.96. The molecular weight excluding hydrogens is 390 g/mol. The Morgan fingerprint density at radius 3 is 2.39 bits per heavy atom. The van der Waals surface area contributed by atoms with E-state index in [9.17, 15) is 4.79 Å². The van der Waals surface area contributed by atoms with E-state index < -0.39 is 0 Å². The molecule has 0 aromatic heterocycles. The topological polar surface area (TPSA) is 72.0 Å². The molecule has 0 fully saturated rings. The predicted octanol–water partition coefficient (Wildman–Crippen LogP) is 5.25. The Morgan fingerprint density at radius 1 is 1.00 bits per heavy atom. The zero-order valence-electron chi connectivity index (χ0n) is 17.8. The maximum Gasteiger partial charge on any atom is 0.255 e. The number of carbonyl (C=O) groups is 1. The summed E-state index contributed by atoms with van der Waals surface area (Å²) in [7, 11) is 1.60. The van der Waals surface area contributed by atoms with Gasteiger partial charge in [-0.2, -0.15) is 0 Å². The molecule has 1 heterocycles. The van der Waals surface area contributed by atoms with Crippen molar-refractivity contribution >= 4 is 28.9 Å². The highest BCUT2D eigenvalue weighted by molar-refractivity contribution is 6.05. The number of hydrogen-bond acceptors (Lipinski definition) is 5.